The predicted molar refractivity (Wildman–Crippen MR) is 60.6 cm³/mol. The van der Waals surface area contributed by atoms with Gasteiger partial charge in [0.25, 0.3) is 0 Å². The summed E-state index contributed by atoms with van der Waals surface area (Å²) in [6.07, 6.45) is 1.67. The quantitative estimate of drug-likeness (QED) is 0.788. The minimum Gasteiger partial charge on any atom is -0.497 e. The zero-order chi connectivity index (χ0) is 11.4. The van der Waals surface area contributed by atoms with Crippen LogP contribution in [-0.4, -0.2) is 24.2 Å². The van der Waals surface area contributed by atoms with Crippen LogP contribution >= 0.6 is 0 Å². The van der Waals surface area contributed by atoms with Crippen LogP contribution in [0.3, 0.4) is 0 Å². The molecule has 0 fully saturated rings. The van der Waals surface area contributed by atoms with Crippen molar-refractivity contribution in [2.45, 2.75) is 0 Å². The molecule has 4 nitrogen and oxygen atoms in total. The summed E-state index contributed by atoms with van der Waals surface area (Å²) < 4.78 is 10.1. The molecule has 0 N–H and O–H groups in total. The zero-order valence-electron chi connectivity index (χ0n) is 9.18. The molecule has 1 aromatic heterocycles. The van der Waals surface area contributed by atoms with Gasteiger partial charge < -0.3 is 9.47 Å². The van der Waals surface area contributed by atoms with Crippen molar-refractivity contribution in [2.75, 3.05) is 14.2 Å². The minimum atomic E-state index is 0.556. The van der Waals surface area contributed by atoms with Crippen LogP contribution in [0.15, 0.2) is 36.5 Å². The molecule has 0 saturated carbocycles. The molecule has 0 unspecified atom stereocenters. The molecule has 0 radical (unpaired) electrons. The third kappa shape index (κ3) is 2.11. The van der Waals surface area contributed by atoms with E-state index in [9.17, 15) is 0 Å². The highest BCUT2D eigenvalue weighted by atomic mass is 16.5. The highest BCUT2D eigenvalue weighted by molar-refractivity contribution is 5.56. The van der Waals surface area contributed by atoms with Gasteiger partial charge in [-0.25, -0.2) is 4.98 Å². The maximum Gasteiger partial charge on any atom is 0.216 e. The maximum atomic E-state index is 5.08. The van der Waals surface area contributed by atoms with Crippen LogP contribution in [-0.2, 0) is 0 Å². The van der Waals surface area contributed by atoms with Gasteiger partial charge in [0.05, 0.1) is 14.2 Å². The first-order valence-corrected chi connectivity index (χ1v) is 4.85. The summed E-state index contributed by atoms with van der Waals surface area (Å²) in [6, 6.07) is 9.28. The van der Waals surface area contributed by atoms with Crippen LogP contribution in [0.2, 0.25) is 0 Å². The molecule has 1 heterocycles. The zero-order valence-corrected chi connectivity index (χ0v) is 9.18. The molecular formula is C12H12N2O2. The number of hydrogen-bond donors (Lipinski definition) is 0. The van der Waals surface area contributed by atoms with Crippen molar-refractivity contribution in [2.24, 2.45) is 0 Å². The molecule has 0 spiro atoms. The number of hydrogen-bond acceptors (Lipinski definition) is 4. The lowest BCUT2D eigenvalue weighted by Gasteiger charge is -2.03. The Morgan fingerprint density at radius 2 is 1.69 bits per heavy atom. The van der Waals surface area contributed by atoms with E-state index in [1.54, 1.807) is 26.5 Å². The lowest BCUT2D eigenvalue weighted by Crippen LogP contribution is -1.92. The molecule has 4 heteroatoms. The Morgan fingerprint density at radius 1 is 0.938 bits per heavy atom. The Bertz CT molecular complexity index is 469. The lowest BCUT2D eigenvalue weighted by molar-refractivity contribution is 0.397. The first-order chi connectivity index (χ1) is 7.83. The van der Waals surface area contributed by atoms with Crippen molar-refractivity contribution in [3.05, 3.63) is 36.5 Å². The number of rotatable bonds is 3. The molecule has 0 amide bonds. The van der Waals surface area contributed by atoms with Gasteiger partial charge in [-0.3, -0.25) is 0 Å². The second-order valence-electron chi connectivity index (χ2n) is 3.15. The Kier molecular flexibility index (Phi) is 3.00. The van der Waals surface area contributed by atoms with Crippen molar-refractivity contribution >= 4 is 0 Å². The summed E-state index contributed by atoms with van der Waals surface area (Å²) in [5, 5.41) is 0. The van der Waals surface area contributed by atoms with Gasteiger partial charge in [-0.2, -0.15) is 4.98 Å². The number of aromatic nitrogens is 2. The Hall–Kier alpha value is -2.10. The van der Waals surface area contributed by atoms with Gasteiger partial charge in [-0.1, -0.05) is 0 Å². The normalized spacial score (nSPS) is 9.88. The number of methoxy groups -OCH3 is 2. The smallest absolute Gasteiger partial charge is 0.216 e. The SMILES string of the molecule is COc1ccc(-c2nccc(OC)n2)cc1. The van der Waals surface area contributed by atoms with E-state index in [0.29, 0.717) is 11.7 Å². The molecule has 0 aliphatic rings. The van der Waals surface area contributed by atoms with Crippen LogP contribution in [0.4, 0.5) is 0 Å². The number of nitrogens with zero attached hydrogens (tertiary/aromatic N) is 2. The fourth-order valence-corrected chi connectivity index (χ4v) is 1.34. The van der Waals surface area contributed by atoms with Crippen LogP contribution in [0.5, 0.6) is 11.6 Å². The molecule has 0 atom stereocenters. The van der Waals surface area contributed by atoms with Crippen molar-refractivity contribution in [3.63, 3.8) is 0 Å². The van der Waals surface area contributed by atoms with Gasteiger partial charge in [0.15, 0.2) is 5.82 Å². The largest absolute Gasteiger partial charge is 0.497 e. The average molecular weight is 216 g/mol. The Balaban J connectivity index is 2.34. The van der Waals surface area contributed by atoms with Gasteiger partial charge in [0, 0.05) is 17.8 Å². The number of ether oxygens (including phenoxy) is 2. The predicted octanol–water partition coefficient (Wildman–Crippen LogP) is 2.16. The summed E-state index contributed by atoms with van der Waals surface area (Å²) in [4.78, 5) is 8.42. The molecule has 0 aliphatic heterocycles. The van der Waals surface area contributed by atoms with Gasteiger partial charge in [0.1, 0.15) is 5.75 Å². The molecule has 1 aromatic carbocycles. The second-order valence-corrected chi connectivity index (χ2v) is 3.15. The van der Waals surface area contributed by atoms with Crippen LogP contribution in [0.1, 0.15) is 0 Å². The first kappa shape index (κ1) is 10.4. The van der Waals surface area contributed by atoms with E-state index in [4.69, 9.17) is 9.47 Å². The van der Waals surface area contributed by atoms with Gasteiger partial charge in [0.2, 0.25) is 5.88 Å². The summed E-state index contributed by atoms with van der Waals surface area (Å²) in [5.74, 6) is 2.01. The molecule has 2 aromatic rings. The fourth-order valence-electron chi connectivity index (χ4n) is 1.34. The van der Waals surface area contributed by atoms with Gasteiger partial charge in [-0.15, -0.1) is 0 Å². The summed E-state index contributed by atoms with van der Waals surface area (Å²) in [6.45, 7) is 0. The van der Waals surface area contributed by atoms with Crippen molar-refractivity contribution in [3.8, 4) is 23.0 Å². The summed E-state index contributed by atoms with van der Waals surface area (Å²) in [5.41, 5.74) is 0.930. The monoisotopic (exact) mass is 216 g/mol. The second kappa shape index (κ2) is 4.61. The van der Waals surface area contributed by atoms with E-state index >= 15 is 0 Å². The first-order valence-electron chi connectivity index (χ1n) is 4.85. The molecule has 2 rings (SSSR count). The van der Waals surface area contributed by atoms with E-state index in [0.717, 1.165) is 11.3 Å². The highest BCUT2D eigenvalue weighted by Crippen LogP contribution is 2.20. The van der Waals surface area contributed by atoms with Crippen molar-refractivity contribution < 1.29 is 9.47 Å². The summed E-state index contributed by atoms with van der Waals surface area (Å²) in [7, 11) is 3.22. The van der Waals surface area contributed by atoms with Crippen molar-refractivity contribution in [1.82, 2.24) is 9.97 Å². The maximum absolute atomic E-state index is 5.08. The molecule has 16 heavy (non-hydrogen) atoms. The molecule has 0 saturated heterocycles. The highest BCUT2D eigenvalue weighted by Gasteiger charge is 2.02. The van der Waals surface area contributed by atoms with Crippen molar-refractivity contribution in [1.29, 1.82) is 0 Å². The van der Waals surface area contributed by atoms with E-state index in [-0.39, 0.29) is 0 Å². The third-order valence-electron chi connectivity index (χ3n) is 2.19. The fraction of sp³-hybridized carbons (Fsp3) is 0.167. The Morgan fingerprint density at radius 3 is 2.31 bits per heavy atom. The van der Waals surface area contributed by atoms with Gasteiger partial charge in [-0.05, 0) is 24.3 Å². The van der Waals surface area contributed by atoms with E-state index in [2.05, 4.69) is 9.97 Å². The standard InChI is InChI=1S/C12H12N2O2/c1-15-10-5-3-9(4-6-10)12-13-8-7-11(14-12)16-2/h3-8H,1-2H3. The van der Waals surface area contributed by atoms with E-state index in [1.165, 1.54) is 0 Å². The molecule has 82 valence electrons. The van der Waals surface area contributed by atoms with Crippen LogP contribution in [0.25, 0.3) is 11.4 Å². The van der Waals surface area contributed by atoms with E-state index in [1.807, 2.05) is 24.3 Å². The molecular weight excluding hydrogens is 204 g/mol. The van der Waals surface area contributed by atoms with Gasteiger partial charge >= 0.3 is 0 Å². The molecule has 0 aliphatic carbocycles. The third-order valence-corrected chi connectivity index (χ3v) is 2.19. The Labute approximate surface area is 93.9 Å². The topological polar surface area (TPSA) is 44.2 Å². The number of benzene rings is 1. The molecule has 0 bridgehead atoms. The summed E-state index contributed by atoms with van der Waals surface area (Å²) >= 11 is 0. The van der Waals surface area contributed by atoms with E-state index < -0.39 is 0 Å². The van der Waals surface area contributed by atoms with Crippen LogP contribution in [0, 0.1) is 0 Å². The van der Waals surface area contributed by atoms with Crippen LogP contribution < -0.4 is 9.47 Å². The minimum absolute atomic E-state index is 0.556. The average Bonchev–Trinajstić information content (AvgIpc) is 2.39. The lowest BCUT2D eigenvalue weighted by atomic mass is 10.2.